The quantitative estimate of drug-likeness (QED) is 0.603. The number of nitrogens with zero attached hydrogens (tertiary/aromatic N) is 3. The summed E-state index contributed by atoms with van der Waals surface area (Å²) in [7, 11) is 0. The average molecular weight is 331 g/mol. The summed E-state index contributed by atoms with van der Waals surface area (Å²) in [5, 5.41) is 5.60. The van der Waals surface area contributed by atoms with Crippen LogP contribution in [0, 0.1) is 0 Å². The molecule has 0 atom stereocenters. The third kappa shape index (κ3) is 2.65. The number of anilines is 1. The molecule has 1 saturated carbocycles. The topological polar surface area (TPSA) is 75.6 Å². The van der Waals surface area contributed by atoms with Gasteiger partial charge in [-0.2, -0.15) is 4.98 Å². The number of H-pyrrole nitrogens is 1. The minimum absolute atomic E-state index is 0.161. The Morgan fingerprint density at radius 3 is 2.84 bits per heavy atom. The Labute approximate surface area is 143 Å². The van der Waals surface area contributed by atoms with Crippen LogP contribution in [0.4, 0.5) is 5.95 Å². The molecule has 2 aromatic carbocycles. The van der Waals surface area contributed by atoms with E-state index in [9.17, 15) is 4.79 Å². The van der Waals surface area contributed by atoms with Crippen LogP contribution < -0.4 is 10.9 Å². The molecule has 2 N–H and O–H groups in total. The SMILES string of the molecule is O=c1[nH]c(NC2CC2)nc2ncn(Cc3ccc4ccccc4c3)c12. The van der Waals surface area contributed by atoms with Gasteiger partial charge in [-0.25, -0.2) is 4.98 Å². The zero-order valence-electron chi connectivity index (χ0n) is 13.6. The lowest BCUT2D eigenvalue weighted by atomic mass is 10.1. The van der Waals surface area contributed by atoms with Gasteiger partial charge >= 0.3 is 0 Å². The molecule has 1 fully saturated rings. The maximum atomic E-state index is 12.5. The van der Waals surface area contributed by atoms with Crippen LogP contribution in [-0.4, -0.2) is 25.6 Å². The van der Waals surface area contributed by atoms with Crippen LogP contribution in [0.15, 0.2) is 53.6 Å². The zero-order chi connectivity index (χ0) is 16.8. The Kier molecular flexibility index (Phi) is 3.09. The fourth-order valence-electron chi connectivity index (χ4n) is 3.13. The van der Waals surface area contributed by atoms with Crippen molar-refractivity contribution in [2.75, 3.05) is 5.32 Å². The van der Waals surface area contributed by atoms with E-state index in [4.69, 9.17) is 0 Å². The molecule has 6 heteroatoms. The van der Waals surface area contributed by atoms with E-state index in [0.29, 0.717) is 29.7 Å². The van der Waals surface area contributed by atoms with Gasteiger partial charge in [-0.1, -0.05) is 36.4 Å². The van der Waals surface area contributed by atoms with Gasteiger partial charge in [0.05, 0.1) is 6.33 Å². The fraction of sp³-hybridized carbons (Fsp3) is 0.211. The summed E-state index contributed by atoms with van der Waals surface area (Å²) in [6.45, 7) is 0.585. The molecule has 0 unspecified atom stereocenters. The van der Waals surface area contributed by atoms with Gasteiger partial charge in [0.1, 0.15) is 0 Å². The van der Waals surface area contributed by atoms with Crippen molar-refractivity contribution in [1.82, 2.24) is 19.5 Å². The minimum Gasteiger partial charge on any atom is -0.353 e. The molecule has 0 amide bonds. The molecule has 2 aromatic heterocycles. The molecule has 6 nitrogen and oxygen atoms in total. The second kappa shape index (κ2) is 5.44. The van der Waals surface area contributed by atoms with Gasteiger partial charge < -0.3 is 9.88 Å². The maximum absolute atomic E-state index is 12.5. The van der Waals surface area contributed by atoms with E-state index in [0.717, 1.165) is 18.4 Å². The molecular weight excluding hydrogens is 314 g/mol. The van der Waals surface area contributed by atoms with Gasteiger partial charge in [-0.3, -0.25) is 9.78 Å². The Hall–Kier alpha value is -3.15. The van der Waals surface area contributed by atoms with Gasteiger partial charge in [-0.15, -0.1) is 0 Å². The summed E-state index contributed by atoms with van der Waals surface area (Å²) >= 11 is 0. The molecule has 25 heavy (non-hydrogen) atoms. The standard InChI is InChI=1S/C19H17N5O/c25-18-16-17(22-19(23-18)21-15-7-8-15)20-11-24(16)10-12-5-6-13-3-1-2-4-14(13)9-12/h1-6,9,11,15H,7-8,10H2,(H2,21,22,23,25). The Bertz CT molecular complexity index is 1140. The predicted molar refractivity (Wildman–Crippen MR) is 97.8 cm³/mol. The van der Waals surface area contributed by atoms with Crippen molar-refractivity contribution in [3.05, 3.63) is 64.7 Å². The predicted octanol–water partition coefficient (Wildman–Crippen LogP) is 2.90. The van der Waals surface area contributed by atoms with E-state index in [-0.39, 0.29) is 5.56 Å². The van der Waals surface area contributed by atoms with Gasteiger partial charge in [0, 0.05) is 12.6 Å². The van der Waals surface area contributed by atoms with Crippen molar-refractivity contribution in [2.24, 2.45) is 0 Å². The molecule has 4 aromatic rings. The first kappa shape index (κ1) is 14.2. The third-order valence-electron chi connectivity index (χ3n) is 4.57. The van der Waals surface area contributed by atoms with E-state index < -0.39 is 0 Å². The normalized spacial score (nSPS) is 14.2. The van der Waals surface area contributed by atoms with Crippen LogP contribution in [0.25, 0.3) is 21.9 Å². The number of hydrogen-bond acceptors (Lipinski definition) is 4. The number of rotatable bonds is 4. The smallest absolute Gasteiger partial charge is 0.278 e. The summed E-state index contributed by atoms with van der Waals surface area (Å²) in [4.78, 5) is 24.1. The second-order valence-electron chi connectivity index (χ2n) is 6.56. The Balaban J connectivity index is 1.52. The lowest BCUT2D eigenvalue weighted by Gasteiger charge is -2.07. The number of aromatic amines is 1. The molecule has 124 valence electrons. The van der Waals surface area contributed by atoms with Crippen LogP contribution in [0.2, 0.25) is 0 Å². The van der Waals surface area contributed by atoms with Crippen LogP contribution in [0.1, 0.15) is 18.4 Å². The summed E-state index contributed by atoms with van der Waals surface area (Å²) in [6, 6.07) is 15.0. The monoisotopic (exact) mass is 331 g/mol. The second-order valence-corrected chi connectivity index (χ2v) is 6.56. The lowest BCUT2D eigenvalue weighted by molar-refractivity contribution is 0.820. The lowest BCUT2D eigenvalue weighted by Crippen LogP contribution is -2.16. The molecule has 0 spiro atoms. The molecule has 0 saturated heterocycles. The highest BCUT2D eigenvalue weighted by molar-refractivity contribution is 5.83. The Morgan fingerprint density at radius 1 is 1.16 bits per heavy atom. The van der Waals surface area contributed by atoms with Crippen molar-refractivity contribution in [3.8, 4) is 0 Å². The van der Waals surface area contributed by atoms with Gasteiger partial charge in [-0.05, 0) is 35.2 Å². The van der Waals surface area contributed by atoms with Gasteiger partial charge in [0.15, 0.2) is 11.2 Å². The first-order valence-electron chi connectivity index (χ1n) is 8.46. The van der Waals surface area contributed by atoms with Crippen LogP contribution in [-0.2, 0) is 6.54 Å². The maximum Gasteiger partial charge on any atom is 0.278 e. The number of fused-ring (bicyclic) bond motifs is 2. The van der Waals surface area contributed by atoms with Gasteiger partial charge in [0.2, 0.25) is 5.95 Å². The Morgan fingerprint density at radius 2 is 2.00 bits per heavy atom. The van der Waals surface area contributed by atoms with E-state index >= 15 is 0 Å². The molecule has 0 bridgehead atoms. The highest BCUT2D eigenvalue weighted by Gasteiger charge is 2.22. The van der Waals surface area contributed by atoms with Crippen molar-refractivity contribution >= 4 is 27.9 Å². The first-order chi connectivity index (χ1) is 12.3. The van der Waals surface area contributed by atoms with E-state index in [2.05, 4.69) is 50.6 Å². The molecule has 0 radical (unpaired) electrons. The summed E-state index contributed by atoms with van der Waals surface area (Å²) < 4.78 is 1.85. The number of benzene rings is 2. The summed E-state index contributed by atoms with van der Waals surface area (Å²) in [5.41, 5.74) is 1.95. The molecule has 1 aliphatic carbocycles. The van der Waals surface area contributed by atoms with Crippen LogP contribution >= 0.6 is 0 Å². The zero-order valence-corrected chi connectivity index (χ0v) is 13.6. The number of aromatic nitrogens is 4. The highest BCUT2D eigenvalue weighted by atomic mass is 16.1. The first-order valence-corrected chi connectivity index (χ1v) is 8.46. The molecule has 5 rings (SSSR count). The van der Waals surface area contributed by atoms with Crippen molar-refractivity contribution in [1.29, 1.82) is 0 Å². The van der Waals surface area contributed by atoms with Crippen molar-refractivity contribution in [2.45, 2.75) is 25.4 Å². The van der Waals surface area contributed by atoms with Crippen molar-refractivity contribution in [3.63, 3.8) is 0 Å². The molecule has 1 aliphatic rings. The van der Waals surface area contributed by atoms with Gasteiger partial charge in [0.25, 0.3) is 5.56 Å². The fourth-order valence-corrected chi connectivity index (χ4v) is 3.13. The number of imidazole rings is 1. The number of hydrogen-bond donors (Lipinski definition) is 2. The number of nitrogens with one attached hydrogen (secondary N) is 2. The third-order valence-corrected chi connectivity index (χ3v) is 4.57. The summed E-state index contributed by atoms with van der Waals surface area (Å²) in [6.07, 6.45) is 3.93. The van der Waals surface area contributed by atoms with Crippen LogP contribution in [0.3, 0.4) is 0 Å². The van der Waals surface area contributed by atoms with Crippen LogP contribution in [0.5, 0.6) is 0 Å². The van der Waals surface area contributed by atoms with Crippen molar-refractivity contribution < 1.29 is 0 Å². The minimum atomic E-state index is -0.161. The van der Waals surface area contributed by atoms with E-state index in [1.54, 1.807) is 6.33 Å². The van der Waals surface area contributed by atoms with E-state index in [1.165, 1.54) is 10.8 Å². The summed E-state index contributed by atoms with van der Waals surface area (Å²) in [5.74, 6) is 0.510. The highest BCUT2D eigenvalue weighted by Crippen LogP contribution is 2.23. The molecule has 0 aliphatic heterocycles. The molecule has 2 heterocycles. The van der Waals surface area contributed by atoms with E-state index in [1.807, 2.05) is 16.7 Å². The largest absolute Gasteiger partial charge is 0.353 e. The average Bonchev–Trinajstić information content (AvgIpc) is 3.34. The molecular formula is C19H17N5O.